The number of carbonyl (C=O) groups excluding carboxylic acids is 1. The third-order valence-corrected chi connectivity index (χ3v) is 4.13. The van der Waals surface area contributed by atoms with Crippen LogP contribution >= 0.6 is 0 Å². The van der Waals surface area contributed by atoms with Gasteiger partial charge in [-0.2, -0.15) is 0 Å². The monoisotopic (exact) mass is 319 g/mol. The van der Waals surface area contributed by atoms with Crippen LogP contribution in [0.5, 0.6) is 0 Å². The van der Waals surface area contributed by atoms with Crippen LogP contribution in [-0.4, -0.2) is 15.3 Å². The Balaban J connectivity index is 1.96. The predicted octanol–water partition coefficient (Wildman–Crippen LogP) is 2.67. The molecule has 0 fully saturated rings. The van der Waals surface area contributed by atoms with Crippen molar-refractivity contribution in [3.8, 4) is 11.1 Å². The minimum absolute atomic E-state index is 0.444. The van der Waals surface area contributed by atoms with Crippen LogP contribution in [0.3, 0.4) is 0 Å². The van der Waals surface area contributed by atoms with E-state index in [1.165, 1.54) is 0 Å². The Morgan fingerprint density at radius 2 is 1.83 bits per heavy atom. The van der Waals surface area contributed by atoms with Gasteiger partial charge in [0.05, 0.1) is 24.2 Å². The first kappa shape index (κ1) is 15.7. The largest absolute Gasteiger partial charge is 0.369 e. The standard InChI is InChI=1S/C18H17N5O/c1-11(18(20)24)17(19)15-10-23-9-13(5-8-16(23)22-15)12-3-6-14(21-2)7-4-12/h3-11,17H,19H2,1H3,(H2,20,24)/t11-,17+/m1/s1. The molecule has 0 saturated carbocycles. The minimum atomic E-state index is -0.538. The number of nitrogens with two attached hydrogens (primary N) is 2. The van der Waals surface area contributed by atoms with E-state index in [4.69, 9.17) is 18.0 Å². The first-order valence-electron chi connectivity index (χ1n) is 7.51. The maximum absolute atomic E-state index is 11.3. The lowest BCUT2D eigenvalue weighted by atomic mass is 10.00. The molecule has 0 aliphatic rings. The average molecular weight is 319 g/mol. The second kappa shape index (κ2) is 6.14. The summed E-state index contributed by atoms with van der Waals surface area (Å²) < 4.78 is 1.88. The van der Waals surface area contributed by atoms with Crippen molar-refractivity contribution >= 4 is 17.2 Å². The van der Waals surface area contributed by atoms with Crippen molar-refractivity contribution in [3.05, 3.63) is 65.9 Å². The number of pyridine rings is 1. The first-order valence-corrected chi connectivity index (χ1v) is 7.51. The molecule has 2 heterocycles. The van der Waals surface area contributed by atoms with E-state index in [0.29, 0.717) is 11.4 Å². The summed E-state index contributed by atoms with van der Waals surface area (Å²) in [5.74, 6) is -0.935. The van der Waals surface area contributed by atoms with Gasteiger partial charge in [0, 0.05) is 12.4 Å². The molecule has 1 amide bonds. The van der Waals surface area contributed by atoms with Crippen LogP contribution in [0.15, 0.2) is 48.8 Å². The normalized spacial score (nSPS) is 13.4. The number of primary amides is 1. The van der Waals surface area contributed by atoms with Gasteiger partial charge in [-0.25, -0.2) is 9.83 Å². The number of rotatable bonds is 4. The molecule has 120 valence electrons. The zero-order valence-electron chi connectivity index (χ0n) is 13.2. The quantitative estimate of drug-likeness (QED) is 0.724. The Hall–Kier alpha value is -3.17. The van der Waals surface area contributed by atoms with Crippen molar-refractivity contribution < 1.29 is 4.79 Å². The number of aromatic nitrogens is 2. The molecule has 2 aromatic heterocycles. The Morgan fingerprint density at radius 1 is 1.17 bits per heavy atom. The van der Waals surface area contributed by atoms with E-state index in [0.717, 1.165) is 16.8 Å². The second-order valence-corrected chi connectivity index (χ2v) is 5.72. The number of carbonyl (C=O) groups is 1. The number of nitrogens with zero attached hydrogens (tertiary/aromatic N) is 3. The van der Waals surface area contributed by atoms with E-state index in [1.54, 1.807) is 19.1 Å². The molecule has 24 heavy (non-hydrogen) atoms. The lowest BCUT2D eigenvalue weighted by Gasteiger charge is -2.13. The summed E-state index contributed by atoms with van der Waals surface area (Å²) in [5, 5.41) is 0. The van der Waals surface area contributed by atoms with E-state index in [-0.39, 0.29) is 0 Å². The SMILES string of the molecule is [C-]#[N+]c1ccc(-c2ccc3nc([C@@H](N)[C@@H](C)C(N)=O)cn3c2)cc1. The number of benzene rings is 1. The van der Waals surface area contributed by atoms with Gasteiger partial charge in [-0.3, -0.25) is 4.79 Å². The van der Waals surface area contributed by atoms with E-state index in [9.17, 15) is 4.79 Å². The third-order valence-electron chi connectivity index (χ3n) is 4.13. The van der Waals surface area contributed by atoms with Gasteiger partial charge in [0.25, 0.3) is 0 Å². The van der Waals surface area contributed by atoms with Crippen molar-refractivity contribution in [2.24, 2.45) is 17.4 Å². The van der Waals surface area contributed by atoms with Crippen LogP contribution in [0, 0.1) is 12.5 Å². The van der Waals surface area contributed by atoms with Crippen molar-refractivity contribution in [2.45, 2.75) is 13.0 Å². The minimum Gasteiger partial charge on any atom is -0.369 e. The maximum atomic E-state index is 11.3. The van der Waals surface area contributed by atoms with Crippen LogP contribution in [0.1, 0.15) is 18.7 Å². The highest BCUT2D eigenvalue weighted by Gasteiger charge is 2.22. The first-order chi connectivity index (χ1) is 11.5. The van der Waals surface area contributed by atoms with E-state index >= 15 is 0 Å². The molecular formula is C18H17N5O. The summed E-state index contributed by atoms with van der Waals surface area (Å²) in [7, 11) is 0. The highest BCUT2D eigenvalue weighted by Crippen LogP contribution is 2.25. The van der Waals surface area contributed by atoms with Gasteiger partial charge in [0.15, 0.2) is 5.69 Å². The van der Waals surface area contributed by atoms with Gasteiger partial charge >= 0.3 is 0 Å². The molecule has 0 bridgehead atoms. The summed E-state index contributed by atoms with van der Waals surface area (Å²) in [6, 6.07) is 10.7. The highest BCUT2D eigenvalue weighted by atomic mass is 16.1. The van der Waals surface area contributed by atoms with Gasteiger partial charge in [-0.15, -0.1) is 0 Å². The number of amides is 1. The molecule has 6 heteroatoms. The van der Waals surface area contributed by atoms with E-state index in [1.807, 2.05) is 41.1 Å². The summed E-state index contributed by atoms with van der Waals surface area (Å²) in [6.45, 7) is 8.70. The molecule has 0 aliphatic carbocycles. The van der Waals surface area contributed by atoms with E-state index < -0.39 is 17.9 Å². The predicted molar refractivity (Wildman–Crippen MR) is 92.2 cm³/mol. The smallest absolute Gasteiger partial charge is 0.222 e. The molecule has 3 rings (SSSR count). The van der Waals surface area contributed by atoms with Crippen LogP contribution in [0.2, 0.25) is 0 Å². The average Bonchev–Trinajstić information content (AvgIpc) is 3.03. The second-order valence-electron chi connectivity index (χ2n) is 5.72. The van der Waals surface area contributed by atoms with Crippen molar-refractivity contribution in [1.29, 1.82) is 0 Å². The molecule has 1 aromatic carbocycles. The van der Waals surface area contributed by atoms with Crippen molar-refractivity contribution in [3.63, 3.8) is 0 Å². The van der Waals surface area contributed by atoms with Gasteiger partial charge in [-0.05, 0) is 23.3 Å². The Kier molecular flexibility index (Phi) is 4.02. The summed E-state index contributed by atoms with van der Waals surface area (Å²) in [5.41, 5.74) is 15.4. The van der Waals surface area contributed by atoms with Crippen molar-refractivity contribution in [2.75, 3.05) is 0 Å². The topological polar surface area (TPSA) is 90.8 Å². The molecule has 0 aliphatic heterocycles. The lowest BCUT2D eigenvalue weighted by molar-refractivity contribution is -0.121. The fourth-order valence-electron chi connectivity index (χ4n) is 2.50. The Morgan fingerprint density at radius 3 is 2.46 bits per heavy atom. The summed E-state index contributed by atoms with van der Waals surface area (Å²) in [4.78, 5) is 19.2. The maximum Gasteiger partial charge on any atom is 0.222 e. The fraction of sp³-hybridized carbons (Fsp3) is 0.167. The summed E-state index contributed by atoms with van der Waals surface area (Å²) >= 11 is 0. The number of fused-ring (bicyclic) bond motifs is 1. The zero-order chi connectivity index (χ0) is 17.3. The molecule has 4 N–H and O–H groups in total. The van der Waals surface area contributed by atoms with Gasteiger partial charge in [-0.1, -0.05) is 31.2 Å². The van der Waals surface area contributed by atoms with E-state index in [2.05, 4.69) is 9.83 Å². The molecule has 2 atom stereocenters. The van der Waals surface area contributed by atoms with Gasteiger partial charge < -0.3 is 15.9 Å². The van der Waals surface area contributed by atoms with Crippen LogP contribution in [0.25, 0.3) is 21.6 Å². The molecule has 0 spiro atoms. The molecule has 0 unspecified atom stereocenters. The number of hydrogen-bond acceptors (Lipinski definition) is 3. The van der Waals surface area contributed by atoms with Crippen LogP contribution in [0.4, 0.5) is 5.69 Å². The highest BCUT2D eigenvalue weighted by molar-refractivity contribution is 5.77. The molecule has 0 radical (unpaired) electrons. The number of imidazole rings is 1. The summed E-state index contributed by atoms with van der Waals surface area (Å²) in [6.07, 6.45) is 3.76. The Bertz CT molecular complexity index is 936. The van der Waals surface area contributed by atoms with Gasteiger partial charge in [0.1, 0.15) is 5.65 Å². The lowest BCUT2D eigenvalue weighted by Crippen LogP contribution is -2.31. The molecular weight excluding hydrogens is 302 g/mol. The fourth-order valence-corrected chi connectivity index (χ4v) is 2.50. The zero-order valence-corrected chi connectivity index (χ0v) is 13.2. The Labute approximate surface area is 139 Å². The van der Waals surface area contributed by atoms with Gasteiger partial charge in [0.2, 0.25) is 5.91 Å². The number of hydrogen-bond donors (Lipinski definition) is 2. The van der Waals surface area contributed by atoms with Crippen LogP contribution in [-0.2, 0) is 4.79 Å². The molecule has 6 nitrogen and oxygen atoms in total. The van der Waals surface area contributed by atoms with Crippen LogP contribution < -0.4 is 11.5 Å². The van der Waals surface area contributed by atoms with Crippen molar-refractivity contribution in [1.82, 2.24) is 9.38 Å². The third kappa shape index (κ3) is 2.85. The molecule has 0 saturated heterocycles. The molecule has 3 aromatic rings.